The standard InChI is InChI=1S/C7H5I3O2/c8-4-1-5(9)7(12)6(10)3(4)2-11/h1,11-12H,2H2. The first-order chi connectivity index (χ1) is 5.57. The predicted octanol–water partition coefficient (Wildman–Crippen LogP) is 2.70. The highest BCUT2D eigenvalue weighted by atomic mass is 127. The number of rotatable bonds is 1. The number of hydrogen-bond acceptors (Lipinski definition) is 2. The molecule has 2 nitrogen and oxygen atoms in total. The molecule has 2 N–H and O–H groups in total. The van der Waals surface area contributed by atoms with Gasteiger partial charge in [-0.3, -0.25) is 0 Å². The van der Waals surface area contributed by atoms with E-state index in [1.54, 1.807) is 0 Å². The molecule has 0 bridgehead atoms. The SMILES string of the molecule is OCc1c(I)cc(I)c(O)c1I. The summed E-state index contributed by atoms with van der Waals surface area (Å²) in [6, 6.07) is 1.85. The van der Waals surface area contributed by atoms with Crippen molar-refractivity contribution in [3.8, 4) is 5.75 Å². The third-order valence-electron chi connectivity index (χ3n) is 1.40. The van der Waals surface area contributed by atoms with Gasteiger partial charge in [0.25, 0.3) is 0 Å². The molecule has 0 saturated carbocycles. The average molecular weight is 502 g/mol. The second kappa shape index (κ2) is 4.60. The number of hydrogen-bond donors (Lipinski definition) is 2. The van der Waals surface area contributed by atoms with Gasteiger partial charge in [-0.2, -0.15) is 0 Å². The van der Waals surface area contributed by atoms with Gasteiger partial charge >= 0.3 is 0 Å². The second-order valence-electron chi connectivity index (χ2n) is 2.14. The van der Waals surface area contributed by atoms with E-state index >= 15 is 0 Å². The highest BCUT2D eigenvalue weighted by Crippen LogP contribution is 2.32. The van der Waals surface area contributed by atoms with Gasteiger partial charge in [-0.05, 0) is 73.8 Å². The van der Waals surface area contributed by atoms with Gasteiger partial charge in [0.15, 0.2) is 0 Å². The van der Waals surface area contributed by atoms with E-state index in [2.05, 4.69) is 45.2 Å². The molecule has 0 unspecified atom stereocenters. The van der Waals surface area contributed by atoms with E-state index < -0.39 is 0 Å². The van der Waals surface area contributed by atoms with Crippen LogP contribution in [0.5, 0.6) is 5.75 Å². The predicted molar refractivity (Wildman–Crippen MR) is 72.2 cm³/mol. The van der Waals surface area contributed by atoms with Gasteiger partial charge in [0.1, 0.15) is 5.75 Å². The number of aromatic hydroxyl groups is 1. The highest BCUT2D eigenvalue weighted by Gasteiger charge is 2.11. The van der Waals surface area contributed by atoms with Crippen LogP contribution in [0.4, 0.5) is 0 Å². The molecule has 0 heterocycles. The smallest absolute Gasteiger partial charge is 0.142 e. The third kappa shape index (κ3) is 2.15. The zero-order valence-corrected chi connectivity index (χ0v) is 12.3. The maximum atomic E-state index is 9.51. The van der Waals surface area contributed by atoms with Crippen LogP contribution in [0, 0.1) is 10.7 Å². The molecule has 0 radical (unpaired) electrons. The number of halogens is 3. The van der Waals surface area contributed by atoms with Crippen LogP contribution in [0.3, 0.4) is 0 Å². The fourth-order valence-corrected chi connectivity index (χ4v) is 4.48. The molecule has 1 aromatic rings. The third-order valence-corrected chi connectivity index (χ3v) is 4.35. The summed E-state index contributed by atoms with van der Waals surface area (Å²) in [5.74, 6) is 0.265. The van der Waals surface area contributed by atoms with Gasteiger partial charge in [-0.1, -0.05) is 0 Å². The highest BCUT2D eigenvalue weighted by molar-refractivity contribution is 14.1. The Bertz CT molecular complexity index is 312. The minimum Gasteiger partial charge on any atom is -0.506 e. The lowest BCUT2D eigenvalue weighted by molar-refractivity contribution is 0.279. The van der Waals surface area contributed by atoms with E-state index in [-0.39, 0.29) is 12.4 Å². The van der Waals surface area contributed by atoms with Gasteiger partial charge in [-0.15, -0.1) is 0 Å². The Labute approximate surface area is 111 Å². The van der Waals surface area contributed by atoms with E-state index in [4.69, 9.17) is 5.11 Å². The largest absolute Gasteiger partial charge is 0.506 e. The van der Waals surface area contributed by atoms with Crippen LogP contribution >= 0.6 is 67.8 Å². The summed E-state index contributed by atoms with van der Waals surface area (Å²) in [4.78, 5) is 0. The fourth-order valence-electron chi connectivity index (χ4n) is 0.764. The van der Waals surface area contributed by atoms with Gasteiger partial charge in [0.2, 0.25) is 0 Å². The Morgan fingerprint density at radius 1 is 1.17 bits per heavy atom. The number of phenols is 1. The molecule has 0 fully saturated rings. The zero-order valence-electron chi connectivity index (χ0n) is 5.81. The van der Waals surface area contributed by atoms with Crippen molar-refractivity contribution in [2.75, 3.05) is 0 Å². The van der Waals surface area contributed by atoms with Crippen molar-refractivity contribution < 1.29 is 10.2 Å². The summed E-state index contributed by atoms with van der Waals surface area (Å²) in [6.45, 7) is -0.0268. The number of aliphatic hydroxyl groups is 1. The van der Waals surface area contributed by atoms with Crippen molar-refractivity contribution in [2.24, 2.45) is 0 Å². The molecule has 0 atom stereocenters. The van der Waals surface area contributed by atoms with E-state index in [1.165, 1.54) is 0 Å². The zero-order chi connectivity index (χ0) is 9.30. The number of aliphatic hydroxyl groups excluding tert-OH is 1. The molecule has 0 aliphatic heterocycles. The summed E-state index contributed by atoms with van der Waals surface area (Å²) >= 11 is 6.25. The van der Waals surface area contributed by atoms with E-state index in [9.17, 15) is 5.11 Å². The normalized spacial score (nSPS) is 10.3. The molecule has 12 heavy (non-hydrogen) atoms. The minimum absolute atomic E-state index is 0.0268. The molecule has 0 aliphatic rings. The van der Waals surface area contributed by atoms with Crippen LogP contribution in [-0.4, -0.2) is 10.2 Å². The maximum absolute atomic E-state index is 9.51. The number of benzene rings is 1. The molecule has 0 amide bonds. The molecular formula is C7H5I3O2. The van der Waals surface area contributed by atoms with Crippen LogP contribution in [0.15, 0.2) is 6.07 Å². The van der Waals surface area contributed by atoms with Crippen molar-refractivity contribution in [3.63, 3.8) is 0 Å². The molecule has 1 aromatic carbocycles. The van der Waals surface area contributed by atoms with E-state index in [0.717, 1.165) is 16.3 Å². The van der Waals surface area contributed by atoms with Crippen LogP contribution in [0.1, 0.15) is 5.56 Å². The van der Waals surface area contributed by atoms with Crippen LogP contribution < -0.4 is 0 Å². The van der Waals surface area contributed by atoms with Crippen molar-refractivity contribution in [1.29, 1.82) is 0 Å². The Hall–Kier alpha value is 1.17. The van der Waals surface area contributed by atoms with Crippen LogP contribution in [0.25, 0.3) is 0 Å². The quantitative estimate of drug-likeness (QED) is 0.581. The van der Waals surface area contributed by atoms with Crippen LogP contribution in [0.2, 0.25) is 0 Å². The molecule has 0 aliphatic carbocycles. The van der Waals surface area contributed by atoms with Gasteiger partial charge in [-0.25, -0.2) is 0 Å². The summed E-state index contributed by atoms with van der Waals surface area (Å²) in [7, 11) is 0. The summed E-state index contributed by atoms with van der Waals surface area (Å²) in [6.07, 6.45) is 0. The molecular weight excluding hydrogens is 497 g/mol. The van der Waals surface area contributed by atoms with Gasteiger partial charge < -0.3 is 10.2 Å². The van der Waals surface area contributed by atoms with Gasteiger partial charge in [0, 0.05) is 9.13 Å². The molecule has 0 aromatic heterocycles. The first kappa shape index (κ1) is 11.2. The van der Waals surface area contributed by atoms with Crippen molar-refractivity contribution >= 4 is 67.8 Å². The topological polar surface area (TPSA) is 40.5 Å². The lowest BCUT2D eigenvalue weighted by atomic mass is 10.2. The Morgan fingerprint density at radius 3 is 2.25 bits per heavy atom. The first-order valence-electron chi connectivity index (χ1n) is 3.04. The fraction of sp³-hybridized carbons (Fsp3) is 0.143. The minimum atomic E-state index is -0.0268. The molecule has 1 rings (SSSR count). The van der Waals surface area contributed by atoms with E-state index in [0.29, 0.717) is 0 Å². The number of phenolic OH excluding ortho intramolecular Hbond substituents is 1. The van der Waals surface area contributed by atoms with Crippen molar-refractivity contribution in [2.45, 2.75) is 6.61 Å². The second-order valence-corrected chi connectivity index (χ2v) is 5.54. The maximum Gasteiger partial charge on any atom is 0.142 e. The lowest BCUT2D eigenvalue weighted by Crippen LogP contribution is -1.95. The monoisotopic (exact) mass is 502 g/mol. The van der Waals surface area contributed by atoms with Crippen molar-refractivity contribution in [3.05, 3.63) is 22.3 Å². The molecule has 0 saturated heterocycles. The summed E-state index contributed by atoms with van der Waals surface area (Å²) < 4.78 is 2.55. The lowest BCUT2D eigenvalue weighted by Gasteiger charge is -2.07. The van der Waals surface area contributed by atoms with Crippen molar-refractivity contribution in [1.82, 2.24) is 0 Å². The molecule has 5 heteroatoms. The Kier molecular flexibility index (Phi) is 4.31. The average Bonchev–Trinajstić information content (AvgIpc) is 2.01. The Balaban J connectivity index is 3.40. The van der Waals surface area contributed by atoms with E-state index in [1.807, 2.05) is 28.7 Å². The molecule has 0 spiro atoms. The Morgan fingerprint density at radius 2 is 1.75 bits per heavy atom. The van der Waals surface area contributed by atoms with Gasteiger partial charge in [0.05, 0.1) is 13.7 Å². The molecule has 66 valence electrons. The summed E-state index contributed by atoms with van der Waals surface area (Å²) in [5, 5.41) is 18.5. The first-order valence-corrected chi connectivity index (χ1v) is 6.27. The summed E-state index contributed by atoms with van der Waals surface area (Å²) in [5.41, 5.74) is 0.800. The van der Waals surface area contributed by atoms with Crippen LogP contribution in [-0.2, 0) is 6.61 Å².